The Bertz CT molecular complexity index is 331. The Kier molecular flexibility index (Phi) is 8.96. The predicted molar refractivity (Wildman–Crippen MR) is 96.7 cm³/mol. The summed E-state index contributed by atoms with van der Waals surface area (Å²) in [4.78, 5) is 13.9. The zero-order chi connectivity index (χ0) is 17.3. The van der Waals surface area contributed by atoms with Crippen molar-refractivity contribution in [1.82, 2.24) is 10.2 Å². The minimum Gasteiger partial charge on any atom is -0.444 e. The van der Waals surface area contributed by atoms with Crippen molar-refractivity contribution in [2.45, 2.75) is 78.7 Å². The van der Waals surface area contributed by atoms with Gasteiger partial charge in [0.15, 0.2) is 0 Å². The van der Waals surface area contributed by atoms with Crippen LogP contribution in [-0.4, -0.2) is 42.8 Å². The molecule has 0 spiro atoms. The van der Waals surface area contributed by atoms with E-state index in [9.17, 15) is 4.79 Å². The molecule has 1 unspecified atom stereocenters. The van der Waals surface area contributed by atoms with Crippen molar-refractivity contribution in [2.75, 3.05) is 26.2 Å². The highest BCUT2D eigenvalue weighted by molar-refractivity contribution is 5.68. The summed E-state index contributed by atoms with van der Waals surface area (Å²) < 4.78 is 5.45. The van der Waals surface area contributed by atoms with E-state index in [-0.39, 0.29) is 6.09 Å². The van der Waals surface area contributed by atoms with Crippen molar-refractivity contribution < 1.29 is 9.53 Å². The summed E-state index contributed by atoms with van der Waals surface area (Å²) in [6, 6.07) is 0. The average molecular weight is 327 g/mol. The normalized spacial score (nSPS) is 18.0. The van der Waals surface area contributed by atoms with Gasteiger partial charge in [-0.1, -0.05) is 33.1 Å². The van der Waals surface area contributed by atoms with E-state index < -0.39 is 5.60 Å². The maximum Gasteiger partial charge on any atom is 0.410 e. The molecule has 1 rings (SSSR count). The van der Waals surface area contributed by atoms with Crippen LogP contribution in [0.15, 0.2) is 0 Å². The summed E-state index contributed by atoms with van der Waals surface area (Å²) in [7, 11) is 0. The monoisotopic (exact) mass is 326 g/mol. The molecule has 0 aromatic rings. The number of likely N-dealkylation sites (tertiary alicyclic amines) is 1. The SMILES string of the molecule is CCCCC(CC)CNCC1CCN(C(=O)OC(C)(C)C)CC1. The Morgan fingerprint density at radius 1 is 1.26 bits per heavy atom. The van der Waals surface area contributed by atoms with Gasteiger partial charge in [0.05, 0.1) is 0 Å². The molecule has 4 nitrogen and oxygen atoms in total. The number of nitrogens with zero attached hydrogens (tertiary/aromatic N) is 1. The lowest BCUT2D eigenvalue weighted by Gasteiger charge is -2.33. The van der Waals surface area contributed by atoms with Crippen molar-refractivity contribution in [3.8, 4) is 0 Å². The lowest BCUT2D eigenvalue weighted by molar-refractivity contribution is 0.0184. The second-order valence-electron chi connectivity index (χ2n) is 7.99. The van der Waals surface area contributed by atoms with Crippen LogP contribution in [0.25, 0.3) is 0 Å². The molecule has 0 aliphatic carbocycles. The maximum absolute atomic E-state index is 12.1. The van der Waals surface area contributed by atoms with Crippen molar-refractivity contribution in [3.63, 3.8) is 0 Å². The highest BCUT2D eigenvalue weighted by Crippen LogP contribution is 2.19. The molecule has 1 atom stereocenters. The van der Waals surface area contributed by atoms with Crippen LogP contribution < -0.4 is 5.32 Å². The van der Waals surface area contributed by atoms with Crippen LogP contribution in [0.4, 0.5) is 4.79 Å². The first-order chi connectivity index (χ1) is 10.9. The number of ether oxygens (including phenoxy) is 1. The fraction of sp³-hybridized carbons (Fsp3) is 0.947. The largest absolute Gasteiger partial charge is 0.444 e. The van der Waals surface area contributed by atoms with Gasteiger partial charge in [-0.25, -0.2) is 4.79 Å². The van der Waals surface area contributed by atoms with Gasteiger partial charge in [0.25, 0.3) is 0 Å². The fourth-order valence-corrected chi connectivity index (χ4v) is 3.08. The number of piperidine rings is 1. The van der Waals surface area contributed by atoms with Gasteiger partial charge in [0.1, 0.15) is 5.60 Å². The topological polar surface area (TPSA) is 41.6 Å². The van der Waals surface area contributed by atoms with Crippen LogP contribution in [-0.2, 0) is 4.74 Å². The van der Waals surface area contributed by atoms with Gasteiger partial charge < -0.3 is 15.0 Å². The fourth-order valence-electron chi connectivity index (χ4n) is 3.08. The summed E-state index contributed by atoms with van der Waals surface area (Å²) >= 11 is 0. The number of amides is 1. The van der Waals surface area contributed by atoms with Gasteiger partial charge in [-0.2, -0.15) is 0 Å². The van der Waals surface area contributed by atoms with E-state index in [1.165, 1.54) is 25.7 Å². The van der Waals surface area contributed by atoms with Gasteiger partial charge in [0, 0.05) is 13.1 Å². The lowest BCUT2D eigenvalue weighted by Crippen LogP contribution is -2.43. The first-order valence-electron chi connectivity index (χ1n) is 9.54. The summed E-state index contributed by atoms with van der Waals surface area (Å²) in [6.07, 6.45) is 7.25. The number of hydrogen-bond donors (Lipinski definition) is 1. The van der Waals surface area contributed by atoms with Gasteiger partial charge in [-0.3, -0.25) is 0 Å². The second-order valence-corrected chi connectivity index (χ2v) is 7.99. The van der Waals surface area contributed by atoms with Crippen molar-refractivity contribution in [3.05, 3.63) is 0 Å². The van der Waals surface area contributed by atoms with Crippen molar-refractivity contribution in [2.24, 2.45) is 11.8 Å². The number of rotatable bonds is 8. The number of hydrogen-bond acceptors (Lipinski definition) is 3. The maximum atomic E-state index is 12.1. The lowest BCUT2D eigenvalue weighted by atomic mass is 9.95. The van der Waals surface area contributed by atoms with Crippen LogP contribution in [0, 0.1) is 11.8 Å². The van der Waals surface area contributed by atoms with Gasteiger partial charge in [0.2, 0.25) is 0 Å². The second kappa shape index (κ2) is 10.2. The highest BCUT2D eigenvalue weighted by atomic mass is 16.6. The van der Waals surface area contributed by atoms with Crippen LogP contribution in [0.1, 0.15) is 73.1 Å². The summed E-state index contributed by atoms with van der Waals surface area (Å²) in [6.45, 7) is 14.2. The average Bonchev–Trinajstić information content (AvgIpc) is 2.49. The minimum atomic E-state index is -0.400. The Hall–Kier alpha value is -0.770. The molecule has 0 aromatic heterocycles. The van der Waals surface area contributed by atoms with E-state index >= 15 is 0 Å². The van der Waals surface area contributed by atoms with Gasteiger partial charge in [-0.15, -0.1) is 0 Å². The predicted octanol–water partition coefficient (Wildman–Crippen LogP) is 4.44. The molecule has 1 heterocycles. The minimum absolute atomic E-state index is 0.158. The summed E-state index contributed by atoms with van der Waals surface area (Å²) in [5.74, 6) is 1.51. The standard InChI is InChI=1S/C19H38N2O2/c1-6-8-9-16(7-2)14-20-15-17-10-12-21(13-11-17)18(22)23-19(3,4)5/h16-17,20H,6-15H2,1-5H3. The highest BCUT2D eigenvalue weighted by Gasteiger charge is 2.26. The summed E-state index contributed by atoms with van der Waals surface area (Å²) in [5, 5.41) is 3.66. The van der Waals surface area contributed by atoms with Crippen molar-refractivity contribution in [1.29, 1.82) is 0 Å². The molecule has 1 aliphatic rings. The Morgan fingerprint density at radius 2 is 1.91 bits per heavy atom. The molecule has 0 saturated carbocycles. The Balaban J connectivity index is 2.20. The first-order valence-corrected chi connectivity index (χ1v) is 9.54. The molecule has 0 aromatic carbocycles. The van der Waals surface area contributed by atoms with E-state index in [0.717, 1.165) is 44.9 Å². The third kappa shape index (κ3) is 8.59. The molecule has 1 aliphatic heterocycles. The molecule has 23 heavy (non-hydrogen) atoms. The van der Waals surface area contributed by atoms with Gasteiger partial charge >= 0.3 is 6.09 Å². The zero-order valence-electron chi connectivity index (χ0n) is 16.0. The molecule has 0 bridgehead atoms. The quantitative estimate of drug-likeness (QED) is 0.717. The van der Waals surface area contributed by atoms with E-state index in [1.54, 1.807) is 0 Å². The van der Waals surface area contributed by atoms with Gasteiger partial charge in [-0.05, 0) is 65.0 Å². The van der Waals surface area contributed by atoms with E-state index in [4.69, 9.17) is 4.74 Å². The molecule has 1 amide bonds. The number of nitrogens with one attached hydrogen (secondary N) is 1. The van der Waals surface area contributed by atoms with Crippen molar-refractivity contribution >= 4 is 6.09 Å². The molecule has 1 fully saturated rings. The molecule has 1 N–H and O–H groups in total. The third-order valence-corrected chi connectivity index (χ3v) is 4.68. The van der Waals surface area contributed by atoms with Crippen LogP contribution >= 0.6 is 0 Å². The molecular formula is C19H38N2O2. The summed E-state index contributed by atoms with van der Waals surface area (Å²) in [5.41, 5.74) is -0.400. The Labute approximate surface area is 143 Å². The molecule has 4 heteroatoms. The van der Waals surface area contributed by atoms with Crippen LogP contribution in [0.5, 0.6) is 0 Å². The van der Waals surface area contributed by atoms with E-state index in [1.807, 2.05) is 25.7 Å². The molecule has 136 valence electrons. The third-order valence-electron chi connectivity index (χ3n) is 4.68. The Morgan fingerprint density at radius 3 is 2.43 bits per heavy atom. The van der Waals surface area contributed by atoms with Crippen LogP contribution in [0.3, 0.4) is 0 Å². The van der Waals surface area contributed by atoms with E-state index in [2.05, 4.69) is 19.2 Å². The van der Waals surface area contributed by atoms with E-state index in [0.29, 0.717) is 5.92 Å². The molecule has 0 radical (unpaired) electrons. The number of carbonyl (C=O) groups excluding carboxylic acids is 1. The number of carbonyl (C=O) groups is 1. The van der Waals surface area contributed by atoms with Crippen LogP contribution in [0.2, 0.25) is 0 Å². The molecular weight excluding hydrogens is 288 g/mol. The smallest absolute Gasteiger partial charge is 0.410 e. The zero-order valence-corrected chi connectivity index (χ0v) is 16.0. The first kappa shape index (κ1) is 20.3. The molecule has 1 saturated heterocycles. The number of unbranched alkanes of at least 4 members (excludes halogenated alkanes) is 1.